The van der Waals surface area contributed by atoms with Crippen LogP contribution in [0.5, 0.6) is 0 Å². The van der Waals surface area contributed by atoms with Gasteiger partial charge in [0.25, 0.3) is 0 Å². The summed E-state index contributed by atoms with van der Waals surface area (Å²) in [7, 11) is 0. The Labute approximate surface area is 78.1 Å². The van der Waals surface area contributed by atoms with E-state index in [1.807, 2.05) is 6.92 Å². The third kappa shape index (κ3) is 6.43. The summed E-state index contributed by atoms with van der Waals surface area (Å²) in [6.45, 7) is 1.98. The highest BCUT2D eigenvalue weighted by Crippen LogP contribution is 1.94. The Morgan fingerprint density at radius 2 is 2.33 bits per heavy atom. The number of hydrogen-bond donors (Lipinski definition) is 2. The zero-order valence-corrected chi connectivity index (χ0v) is 8.10. The smallest absolute Gasteiger partial charge is 0.220 e. The van der Waals surface area contributed by atoms with Crippen molar-refractivity contribution in [1.29, 1.82) is 0 Å². The summed E-state index contributed by atoms with van der Waals surface area (Å²) in [5.41, 5.74) is 0. The van der Waals surface area contributed by atoms with E-state index in [0.29, 0.717) is 25.1 Å². The van der Waals surface area contributed by atoms with Gasteiger partial charge in [-0.15, -0.1) is 11.6 Å². The second-order valence-corrected chi connectivity index (χ2v) is 3.15. The Hall–Kier alpha value is -0.280. The molecule has 0 aromatic heterocycles. The first-order valence-electron chi connectivity index (χ1n) is 4.17. The summed E-state index contributed by atoms with van der Waals surface area (Å²) < 4.78 is 0. The predicted molar refractivity (Wildman–Crippen MR) is 49.3 cm³/mol. The lowest BCUT2D eigenvalue weighted by atomic mass is 10.2. The SMILES string of the molecule is CC(CCO)NC(=O)CCCCl. The van der Waals surface area contributed by atoms with Gasteiger partial charge in [0.1, 0.15) is 0 Å². The maximum Gasteiger partial charge on any atom is 0.220 e. The molecule has 1 amide bonds. The zero-order valence-electron chi connectivity index (χ0n) is 7.35. The van der Waals surface area contributed by atoms with E-state index in [0.717, 1.165) is 0 Å². The Balaban J connectivity index is 3.40. The van der Waals surface area contributed by atoms with Gasteiger partial charge in [-0.25, -0.2) is 0 Å². The van der Waals surface area contributed by atoms with E-state index in [2.05, 4.69) is 5.32 Å². The van der Waals surface area contributed by atoms with Crippen LogP contribution in [0.2, 0.25) is 0 Å². The van der Waals surface area contributed by atoms with E-state index in [1.165, 1.54) is 0 Å². The summed E-state index contributed by atoms with van der Waals surface area (Å²) in [4.78, 5) is 11.0. The van der Waals surface area contributed by atoms with Crippen LogP contribution >= 0.6 is 11.6 Å². The van der Waals surface area contributed by atoms with E-state index >= 15 is 0 Å². The number of hydrogen-bond acceptors (Lipinski definition) is 2. The van der Waals surface area contributed by atoms with Crippen LogP contribution in [0.4, 0.5) is 0 Å². The van der Waals surface area contributed by atoms with Gasteiger partial charge < -0.3 is 10.4 Å². The fourth-order valence-corrected chi connectivity index (χ4v) is 0.974. The van der Waals surface area contributed by atoms with E-state index in [-0.39, 0.29) is 18.6 Å². The Bertz CT molecular complexity index is 130. The Morgan fingerprint density at radius 3 is 2.83 bits per heavy atom. The number of amides is 1. The number of carbonyl (C=O) groups is 1. The summed E-state index contributed by atoms with van der Waals surface area (Å²) in [6.07, 6.45) is 1.78. The molecule has 4 heteroatoms. The van der Waals surface area contributed by atoms with Crippen LogP contribution in [0.3, 0.4) is 0 Å². The highest BCUT2D eigenvalue weighted by molar-refractivity contribution is 6.17. The number of halogens is 1. The highest BCUT2D eigenvalue weighted by atomic mass is 35.5. The quantitative estimate of drug-likeness (QED) is 0.616. The molecule has 12 heavy (non-hydrogen) atoms. The molecule has 3 nitrogen and oxygen atoms in total. The monoisotopic (exact) mass is 193 g/mol. The van der Waals surface area contributed by atoms with Crippen molar-refractivity contribution in [2.24, 2.45) is 0 Å². The third-order valence-corrected chi connectivity index (χ3v) is 1.77. The van der Waals surface area contributed by atoms with E-state index in [4.69, 9.17) is 16.7 Å². The molecular formula is C8H16ClNO2. The molecule has 1 unspecified atom stereocenters. The lowest BCUT2D eigenvalue weighted by molar-refractivity contribution is -0.121. The Kier molecular flexibility index (Phi) is 7.20. The molecular weight excluding hydrogens is 178 g/mol. The van der Waals surface area contributed by atoms with Crippen LogP contribution in [0, 0.1) is 0 Å². The van der Waals surface area contributed by atoms with Gasteiger partial charge in [0.05, 0.1) is 0 Å². The molecule has 0 fully saturated rings. The number of aliphatic hydroxyl groups excluding tert-OH is 1. The highest BCUT2D eigenvalue weighted by Gasteiger charge is 2.05. The maximum atomic E-state index is 11.0. The number of nitrogens with one attached hydrogen (secondary N) is 1. The molecule has 0 radical (unpaired) electrons. The van der Waals surface area contributed by atoms with Gasteiger partial charge in [-0.05, 0) is 19.8 Å². The first kappa shape index (κ1) is 11.7. The van der Waals surface area contributed by atoms with Gasteiger partial charge >= 0.3 is 0 Å². The predicted octanol–water partition coefficient (Wildman–Crippen LogP) is 0.892. The van der Waals surface area contributed by atoms with Gasteiger partial charge in [0, 0.05) is 24.9 Å². The normalized spacial score (nSPS) is 12.6. The first-order chi connectivity index (χ1) is 5.70. The van der Waals surface area contributed by atoms with E-state index in [1.54, 1.807) is 0 Å². The number of alkyl halides is 1. The van der Waals surface area contributed by atoms with Crippen LogP contribution < -0.4 is 5.32 Å². The molecule has 1 atom stereocenters. The van der Waals surface area contributed by atoms with Crippen molar-refractivity contribution in [2.45, 2.75) is 32.2 Å². The second kappa shape index (κ2) is 7.37. The summed E-state index contributed by atoms with van der Waals surface area (Å²) in [6, 6.07) is 0.0535. The topological polar surface area (TPSA) is 49.3 Å². The van der Waals surface area contributed by atoms with Crippen LogP contribution in [0.15, 0.2) is 0 Å². The van der Waals surface area contributed by atoms with Crippen molar-refractivity contribution in [3.8, 4) is 0 Å². The number of carbonyl (C=O) groups excluding carboxylic acids is 1. The summed E-state index contributed by atoms with van der Waals surface area (Å²) in [5.74, 6) is 0.526. The van der Waals surface area contributed by atoms with E-state index in [9.17, 15) is 4.79 Å². The second-order valence-electron chi connectivity index (χ2n) is 2.77. The largest absolute Gasteiger partial charge is 0.396 e. The molecule has 0 bridgehead atoms. The molecule has 0 spiro atoms. The molecule has 0 aliphatic carbocycles. The van der Waals surface area contributed by atoms with Gasteiger partial charge in [0.15, 0.2) is 0 Å². The average molecular weight is 194 g/mol. The minimum absolute atomic E-state index is 0.0107. The van der Waals surface area contributed by atoms with Gasteiger partial charge in [-0.2, -0.15) is 0 Å². The maximum absolute atomic E-state index is 11.0. The van der Waals surface area contributed by atoms with Crippen LogP contribution in [-0.2, 0) is 4.79 Å². The average Bonchev–Trinajstić information content (AvgIpc) is 2.01. The fraction of sp³-hybridized carbons (Fsp3) is 0.875. The summed E-state index contributed by atoms with van der Waals surface area (Å²) >= 11 is 5.42. The van der Waals surface area contributed by atoms with Crippen LogP contribution in [0.25, 0.3) is 0 Å². The summed E-state index contributed by atoms with van der Waals surface area (Å²) in [5, 5.41) is 11.3. The molecule has 0 heterocycles. The lowest BCUT2D eigenvalue weighted by Crippen LogP contribution is -2.32. The van der Waals surface area contributed by atoms with Crippen molar-refractivity contribution in [1.82, 2.24) is 5.32 Å². The molecule has 0 saturated carbocycles. The van der Waals surface area contributed by atoms with Crippen molar-refractivity contribution < 1.29 is 9.90 Å². The molecule has 0 saturated heterocycles. The van der Waals surface area contributed by atoms with Gasteiger partial charge in [-0.3, -0.25) is 4.79 Å². The van der Waals surface area contributed by atoms with Crippen LogP contribution in [-0.4, -0.2) is 29.5 Å². The molecule has 2 N–H and O–H groups in total. The lowest BCUT2D eigenvalue weighted by Gasteiger charge is -2.11. The number of aliphatic hydroxyl groups is 1. The molecule has 0 rings (SSSR count). The van der Waals surface area contributed by atoms with E-state index < -0.39 is 0 Å². The Morgan fingerprint density at radius 1 is 1.67 bits per heavy atom. The number of rotatable bonds is 6. The fourth-order valence-electron chi connectivity index (χ4n) is 0.840. The van der Waals surface area contributed by atoms with Crippen LogP contribution in [0.1, 0.15) is 26.2 Å². The van der Waals surface area contributed by atoms with Crippen molar-refractivity contribution in [3.05, 3.63) is 0 Å². The standard InChI is InChI=1S/C8H16ClNO2/c1-7(4-6-11)10-8(12)3-2-5-9/h7,11H,2-6H2,1H3,(H,10,12). The minimum atomic E-state index is 0.0107. The third-order valence-electron chi connectivity index (χ3n) is 1.51. The van der Waals surface area contributed by atoms with Crippen molar-refractivity contribution in [3.63, 3.8) is 0 Å². The zero-order chi connectivity index (χ0) is 9.40. The molecule has 72 valence electrons. The van der Waals surface area contributed by atoms with Gasteiger partial charge in [0.2, 0.25) is 5.91 Å². The molecule has 0 aromatic carbocycles. The van der Waals surface area contributed by atoms with Crippen molar-refractivity contribution >= 4 is 17.5 Å². The van der Waals surface area contributed by atoms with Gasteiger partial charge in [-0.1, -0.05) is 0 Å². The van der Waals surface area contributed by atoms with Crippen molar-refractivity contribution in [2.75, 3.05) is 12.5 Å². The molecule has 0 aliphatic rings. The molecule has 0 aromatic rings. The first-order valence-corrected chi connectivity index (χ1v) is 4.70. The minimum Gasteiger partial charge on any atom is -0.396 e. The molecule has 0 aliphatic heterocycles.